The molecule has 2 aromatic heterocycles. The average molecular weight is 514 g/mol. The Morgan fingerprint density at radius 2 is 1.33 bits per heavy atom. The Hall–Kier alpha value is -5.35. The van der Waals surface area contributed by atoms with Crippen molar-refractivity contribution >= 4 is 21.9 Å². The molecule has 0 spiro atoms. The van der Waals surface area contributed by atoms with E-state index in [0.717, 1.165) is 50.0 Å². The van der Waals surface area contributed by atoms with Crippen LogP contribution in [0.25, 0.3) is 54.9 Å². The quantitative estimate of drug-likeness (QED) is 0.105. The molecule has 0 fully saturated rings. The zero-order chi connectivity index (χ0) is 27.0. The summed E-state index contributed by atoms with van der Waals surface area (Å²) < 4.78 is 10.6. The molecule has 4 aromatic carbocycles. The number of aromatic nitrogens is 2. The maximum Gasteiger partial charge on any atom is 0.167 e. The molecule has 190 valence electrons. The van der Waals surface area contributed by atoms with Crippen molar-refractivity contribution in [2.75, 3.05) is 0 Å². The summed E-state index contributed by atoms with van der Waals surface area (Å²) in [6.45, 7) is -0.00262. The van der Waals surface area contributed by atoms with E-state index in [2.05, 4.69) is 26.3 Å². The number of fused-ring (bicyclic) bond motifs is 2. The Kier molecular flexibility index (Phi) is 7.66. The zero-order valence-electron chi connectivity index (χ0n) is 20.8. The SMILES string of the molecule is C#CCC(N=[N+]=[N-])c1ccccc1-c1noc2ccccc12.OCc1ccccc1-c1noc2ccccc12. The van der Waals surface area contributed by atoms with E-state index in [9.17, 15) is 5.11 Å². The van der Waals surface area contributed by atoms with Gasteiger partial charge >= 0.3 is 0 Å². The van der Waals surface area contributed by atoms with E-state index >= 15 is 0 Å². The number of azide groups is 1. The molecule has 0 saturated heterocycles. The standard InChI is InChI=1S/C17H12N4O.C14H11NO2/c1-2-7-15(19-21-18)12-8-3-4-9-13(12)17-14-10-5-6-11-16(14)22-20-17;16-9-10-5-1-2-6-11(10)14-12-7-3-4-8-13(12)17-15-14/h1,3-6,8-11,15H,7H2;1-8,16H,9H2. The second-order valence-electron chi connectivity index (χ2n) is 8.59. The van der Waals surface area contributed by atoms with Crippen LogP contribution in [0.1, 0.15) is 23.6 Å². The Bertz CT molecular complexity index is 1830. The van der Waals surface area contributed by atoms with Gasteiger partial charge < -0.3 is 14.2 Å². The second kappa shape index (κ2) is 11.8. The van der Waals surface area contributed by atoms with Crippen LogP contribution in [0.15, 0.2) is 111 Å². The number of nitrogens with zero attached hydrogens (tertiary/aromatic N) is 5. The Morgan fingerprint density at radius 3 is 1.95 bits per heavy atom. The van der Waals surface area contributed by atoms with Crippen molar-refractivity contribution in [1.29, 1.82) is 0 Å². The maximum absolute atomic E-state index is 9.33. The molecule has 0 aliphatic heterocycles. The third-order valence-corrected chi connectivity index (χ3v) is 6.27. The molecule has 1 unspecified atom stereocenters. The third kappa shape index (κ3) is 5.22. The lowest BCUT2D eigenvalue weighted by Gasteiger charge is -2.12. The molecule has 0 radical (unpaired) electrons. The molecule has 2 heterocycles. The fourth-order valence-corrected chi connectivity index (χ4v) is 4.44. The van der Waals surface area contributed by atoms with Gasteiger partial charge in [0.2, 0.25) is 0 Å². The van der Waals surface area contributed by atoms with Crippen molar-refractivity contribution in [3.8, 4) is 34.9 Å². The van der Waals surface area contributed by atoms with Crippen LogP contribution in [0.2, 0.25) is 0 Å². The number of para-hydroxylation sites is 2. The van der Waals surface area contributed by atoms with E-state index in [1.54, 1.807) is 0 Å². The van der Waals surface area contributed by atoms with E-state index in [1.807, 2.05) is 97.1 Å². The number of terminal acetylenes is 1. The zero-order valence-corrected chi connectivity index (χ0v) is 20.8. The summed E-state index contributed by atoms with van der Waals surface area (Å²) in [5.74, 6) is 2.55. The molecule has 6 aromatic rings. The van der Waals surface area contributed by atoms with E-state index in [0.29, 0.717) is 12.0 Å². The van der Waals surface area contributed by atoms with E-state index in [-0.39, 0.29) is 6.61 Å². The van der Waals surface area contributed by atoms with Gasteiger partial charge in [-0.2, -0.15) is 0 Å². The van der Waals surface area contributed by atoms with E-state index in [1.165, 1.54) is 0 Å². The van der Waals surface area contributed by atoms with Crippen molar-refractivity contribution in [3.63, 3.8) is 0 Å². The van der Waals surface area contributed by atoms with Crippen LogP contribution in [-0.4, -0.2) is 15.4 Å². The lowest BCUT2D eigenvalue weighted by Crippen LogP contribution is -1.97. The Balaban J connectivity index is 0.000000163. The minimum atomic E-state index is -0.429. The Labute approximate surface area is 224 Å². The summed E-state index contributed by atoms with van der Waals surface area (Å²) in [6, 6.07) is 30.2. The number of hydrogen-bond acceptors (Lipinski definition) is 6. The highest BCUT2D eigenvalue weighted by atomic mass is 16.5. The molecule has 0 amide bonds. The van der Waals surface area contributed by atoms with Gasteiger partial charge in [-0.25, -0.2) is 0 Å². The predicted octanol–water partition coefficient (Wildman–Crippen LogP) is 7.86. The highest BCUT2D eigenvalue weighted by Gasteiger charge is 2.18. The molecule has 39 heavy (non-hydrogen) atoms. The first-order valence-electron chi connectivity index (χ1n) is 12.2. The normalized spacial score (nSPS) is 11.3. The molecule has 0 bridgehead atoms. The molecule has 6 rings (SSSR count). The highest BCUT2D eigenvalue weighted by Crippen LogP contribution is 2.35. The molecule has 1 N–H and O–H groups in total. The number of benzene rings is 4. The number of aliphatic hydroxyl groups excluding tert-OH is 1. The van der Waals surface area contributed by atoms with Crippen LogP contribution in [0.4, 0.5) is 0 Å². The van der Waals surface area contributed by atoms with Crippen molar-refractivity contribution in [2.45, 2.75) is 19.1 Å². The van der Waals surface area contributed by atoms with Gasteiger partial charge in [0.25, 0.3) is 0 Å². The van der Waals surface area contributed by atoms with Crippen LogP contribution in [-0.2, 0) is 6.61 Å². The summed E-state index contributed by atoms with van der Waals surface area (Å²) in [5, 5.41) is 23.3. The second-order valence-corrected chi connectivity index (χ2v) is 8.59. The summed E-state index contributed by atoms with van der Waals surface area (Å²) >= 11 is 0. The summed E-state index contributed by atoms with van der Waals surface area (Å²) in [4.78, 5) is 2.90. The van der Waals surface area contributed by atoms with Gasteiger partial charge in [-0.15, -0.1) is 12.3 Å². The van der Waals surface area contributed by atoms with E-state index < -0.39 is 6.04 Å². The average Bonchev–Trinajstić information content (AvgIpc) is 3.62. The van der Waals surface area contributed by atoms with Crippen molar-refractivity contribution in [1.82, 2.24) is 10.3 Å². The van der Waals surface area contributed by atoms with Crippen LogP contribution in [0.5, 0.6) is 0 Å². The van der Waals surface area contributed by atoms with Crippen LogP contribution in [0.3, 0.4) is 0 Å². The van der Waals surface area contributed by atoms with Gasteiger partial charge in [-0.05, 0) is 40.9 Å². The largest absolute Gasteiger partial charge is 0.392 e. The number of aliphatic hydroxyl groups is 1. The van der Waals surface area contributed by atoms with Gasteiger partial charge in [0.05, 0.1) is 12.6 Å². The molecule has 8 heteroatoms. The first-order valence-corrected chi connectivity index (χ1v) is 12.2. The van der Waals surface area contributed by atoms with Crippen LogP contribution >= 0.6 is 0 Å². The first kappa shape index (κ1) is 25.3. The summed E-state index contributed by atoms with van der Waals surface area (Å²) in [6.07, 6.45) is 5.72. The minimum absolute atomic E-state index is 0.00262. The summed E-state index contributed by atoms with van der Waals surface area (Å²) in [7, 11) is 0. The lowest BCUT2D eigenvalue weighted by atomic mass is 9.95. The molecule has 0 aliphatic rings. The van der Waals surface area contributed by atoms with Crippen LogP contribution in [0, 0.1) is 12.3 Å². The lowest BCUT2D eigenvalue weighted by molar-refractivity contribution is 0.282. The van der Waals surface area contributed by atoms with E-state index in [4.69, 9.17) is 21.0 Å². The first-order chi connectivity index (χ1) is 19.2. The fourth-order valence-electron chi connectivity index (χ4n) is 4.44. The number of rotatable bonds is 6. The smallest absolute Gasteiger partial charge is 0.167 e. The molecular formula is C31H23N5O3. The van der Waals surface area contributed by atoms with Crippen molar-refractivity contribution in [2.24, 2.45) is 5.11 Å². The summed E-state index contributed by atoms with van der Waals surface area (Å²) in [5.41, 5.74) is 15.2. The van der Waals surface area contributed by atoms with Crippen LogP contribution < -0.4 is 0 Å². The fraction of sp³-hybridized carbons (Fsp3) is 0.0968. The number of hydrogen-bond donors (Lipinski definition) is 1. The van der Waals surface area contributed by atoms with Gasteiger partial charge in [0, 0.05) is 33.2 Å². The van der Waals surface area contributed by atoms with Gasteiger partial charge in [-0.3, -0.25) is 0 Å². The highest BCUT2D eigenvalue weighted by molar-refractivity contribution is 5.93. The van der Waals surface area contributed by atoms with Crippen molar-refractivity contribution < 1.29 is 14.2 Å². The molecular weight excluding hydrogens is 490 g/mol. The van der Waals surface area contributed by atoms with Crippen molar-refractivity contribution in [3.05, 3.63) is 119 Å². The molecule has 1 atom stereocenters. The molecule has 8 nitrogen and oxygen atoms in total. The van der Waals surface area contributed by atoms with Gasteiger partial charge in [0.15, 0.2) is 11.2 Å². The molecule has 0 saturated carbocycles. The minimum Gasteiger partial charge on any atom is -0.392 e. The maximum atomic E-state index is 9.33. The topological polar surface area (TPSA) is 121 Å². The third-order valence-electron chi connectivity index (χ3n) is 6.27. The Morgan fingerprint density at radius 1 is 0.795 bits per heavy atom. The predicted molar refractivity (Wildman–Crippen MR) is 150 cm³/mol. The molecule has 0 aliphatic carbocycles. The monoisotopic (exact) mass is 513 g/mol. The van der Waals surface area contributed by atoms with Gasteiger partial charge in [-0.1, -0.05) is 88.2 Å². The van der Waals surface area contributed by atoms with Gasteiger partial charge in [0.1, 0.15) is 11.4 Å².